The fourth-order valence-electron chi connectivity index (χ4n) is 3.31. The quantitative estimate of drug-likeness (QED) is 0.593. The summed E-state index contributed by atoms with van der Waals surface area (Å²) < 4.78 is 0. The Bertz CT molecular complexity index is 560. The highest BCUT2D eigenvalue weighted by Crippen LogP contribution is 2.24. The second kappa shape index (κ2) is 9.00. The second-order valence-corrected chi connectivity index (χ2v) is 6.80. The van der Waals surface area contributed by atoms with Gasteiger partial charge in [0.1, 0.15) is 6.61 Å². The summed E-state index contributed by atoms with van der Waals surface area (Å²) in [5.74, 6) is 0. The van der Waals surface area contributed by atoms with Crippen molar-refractivity contribution >= 4 is 11.8 Å². The number of rotatable bonds is 6. The number of benzene rings is 1. The Morgan fingerprint density at radius 1 is 1.08 bits per heavy atom. The van der Waals surface area contributed by atoms with Gasteiger partial charge in [-0.05, 0) is 49.9 Å². The Morgan fingerprint density at radius 2 is 1.88 bits per heavy atom. The van der Waals surface area contributed by atoms with Crippen LogP contribution in [0.4, 0.5) is 0 Å². The predicted octanol–water partition coefficient (Wildman–Crippen LogP) is 3.26. The van der Waals surface area contributed by atoms with Gasteiger partial charge in [-0.15, -0.1) is 0 Å². The molecule has 0 bridgehead atoms. The minimum atomic E-state index is 0.717. The Kier molecular flexibility index (Phi) is 6.44. The Balaban J connectivity index is 1.42. The van der Waals surface area contributed by atoms with Crippen LogP contribution < -0.4 is 0 Å². The van der Waals surface area contributed by atoms with Crippen molar-refractivity contribution in [2.24, 2.45) is 5.16 Å². The van der Waals surface area contributed by atoms with Crippen molar-refractivity contribution in [1.82, 2.24) is 9.80 Å². The minimum absolute atomic E-state index is 0.717. The van der Waals surface area contributed by atoms with Gasteiger partial charge in [-0.2, -0.15) is 0 Å². The van der Waals surface area contributed by atoms with Gasteiger partial charge in [0.05, 0.1) is 5.71 Å². The lowest BCUT2D eigenvalue weighted by Gasteiger charge is -2.32. The third-order valence-corrected chi connectivity index (χ3v) is 4.85. The summed E-state index contributed by atoms with van der Waals surface area (Å²) in [6.45, 7) is 6.54. The summed E-state index contributed by atoms with van der Waals surface area (Å²) in [5, 5.41) is 4.42. The summed E-state index contributed by atoms with van der Waals surface area (Å²) >= 11 is 0. The van der Waals surface area contributed by atoms with Crippen molar-refractivity contribution < 1.29 is 4.84 Å². The van der Waals surface area contributed by atoms with Crippen LogP contribution >= 0.6 is 0 Å². The molecular formula is C20H29N3O. The topological polar surface area (TPSA) is 28.1 Å². The van der Waals surface area contributed by atoms with Crippen LogP contribution in [0.15, 0.2) is 41.1 Å². The zero-order valence-corrected chi connectivity index (χ0v) is 14.8. The van der Waals surface area contributed by atoms with E-state index in [1.165, 1.54) is 43.7 Å². The van der Waals surface area contributed by atoms with Gasteiger partial charge in [0.15, 0.2) is 0 Å². The fraction of sp³-hybridized carbons (Fsp3) is 0.550. The molecule has 1 aliphatic heterocycles. The molecule has 2 aliphatic rings. The SMILES string of the molecule is CN1CCN(CCCON=C2CCCC2=Cc2ccccc2)CC1. The van der Waals surface area contributed by atoms with Gasteiger partial charge in [-0.3, -0.25) is 0 Å². The molecule has 1 aliphatic carbocycles. The van der Waals surface area contributed by atoms with Crippen LogP contribution in [0.1, 0.15) is 31.2 Å². The van der Waals surface area contributed by atoms with Gasteiger partial charge in [0.2, 0.25) is 0 Å². The first-order valence-electron chi connectivity index (χ1n) is 9.17. The number of piperazine rings is 1. The van der Waals surface area contributed by atoms with Crippen molar-refractivity contribution in [1.29, 1.82) is 0 Å². The molecule has 0 atom stereocenters. The second-order valence-electron chi connectivity index (χ2n) is 6.80. The first-order chi connectivity index (χ1) is 11.8. The average molecular weight is 327 g/mol. The van der Waals surface area contributed by atoms with E-state index in [2.05, 4.69) is 58.4 Å². The number of oxime groups is 1. The highest BCUT2D eigenvalue weighted by Gasteiger charge is 2.16. The molecule has 1 saturated heterocycles. The lowest BCUT2D eigenvalue weighted by molar-refractivity contribution is 0.111. The molecule has 0 spiro atoms. The monoisotopic (exact) mass is 327 g/mol. The zero-order valence-electron chi connectivity index (χ0n) is 14.8. The van der Waals surface area contributed by atoms with E-state index in [0.29, 0.717) is 6.61 Å². The molecule has 0 amide bonds. The van der Waals surface area contributed by atoms with E-state index in [-0.39, 0.29) is 0 Å². The molecule has 0 unspecified atom stereocenters. The summed E-state index contributed by atoms with van der Waals surface area (Å²) in [5.41, 5.74) is 3.72. The number of nitrogens with zero attached hydrogens (tertiary/aromatic N) is 3. The first-order valence-corrected chi connectivity index (χ1v) is 9.17. The smallest absolute Gasteiger partial charge is 0.118 e. The van der Waals surface area contributed by atoms with E-state index in [4.69, 9.17) is 4.84 Å². The Hall–Kier alpha value is -1.65. The van der Waals surface area contributed by atoms with Crippen LogP contribution in [0.5, 0.6) is 0 Å². The first kappa shape index (κ1) is 17.2. The van der Waals surface area contributed by atoms with E-state index in [9.17, 15) is 0 Å². The maximum absolute atomic E-state index is 5.61. The van der Waals surface area contributed by atoms with E-state index < -0.39 is 0 Å². The highest BCUT2D eigenvalue weighted by molar-refractivity contribution is 6.05. The average Bonchev–Trinajstić information content (AvgIpc) is 3.04. The van der Waals surface area contributed by atoms with Gasteiger partial charge in [0, 0.05) is 32.7 Å². The molecule has 1 aromatic carbocycles. The summed E-state index contributed by atoms with van der Waals surface area (Å²) in [7, 11) is 2.19. The minimum Gasteiger partial charge on any atom is -0.396 e. The molecule has 24 heavy (non-hydrogen) atoms. The van der Waals surface area contributed by atoms with Gasteiger partial charge < -0.3 is 14.6 Å². The lowest BCUT2D eigenvalue weighted by Crippen LogP contribution is -2.44. The van der Waals surface area contributed by atoms with Crippen molar-refractivity contribution in [3.8, 4) is 0 Å². The number of likely N-dealkylation sites (N-methyl/N-ethyl adjacent to an activating group) is 1. The number of allylic oxidation sites excluding steroid dienone is 1. The van der Waals surface area contributed by atoms with Crippen LogP contribution in [-0.2, 0) is 4.84 Å². The third-order valence-electron chi connectivity index (χ3n) is 4.85. The van der Waals surface area contributed by atoms with Crippen LogP contribution in [0, 0.1) is 0 Å². The molecule has 4 nitrogen and oxygen atoms in total. The predicted molar refractivity (Wildman–Crippen MR) is 100 cm³/mol. The molecule has 1 saturated carbocycles. The molecule has 2 fully saturated rings. The van der Waals surface area contributed by atoms with Crippen molar-refractivity contribution in [2.75, 3.05) is 46.4 Å². The molecule has 0 N–H and O–H groups in total. The largest absolute Gasteiger partial charge is 0.396 e. The normalized spacial score (nSPS) is 23.2. The zero-order chi connectivity index (χ0) is 16.6. The van der Waals surface area contributed by atoms with E-state index in [0.717, 1.165) is 31.5 Å². The fourth-order valence-corrected chi connectivity index (χ4v) is 3.31. The van der Waals surface area contributed by atoms with E-state index in [1.807, 2.05) is 0 Å². The molecule has 3 rings (SSSR count). The van der Waals surface area contributed by atoms with Crippen molar-refractivity contribution in [3.63, 3.8) is 0 Å². The molecular weight excluding hydrogens is 298 g/mol. The van der Waals surface area contributed by atoms with Gasteiger partial charge in [-0.1, -0.05) is 35.5 Å². The summed E-state index contributed by atoms with van der Waals surface area (Å²) in [4.78, 5) is 10.5. The molecule has 4 heteroatoms. The van der Waals surface area contributed by atoms with E-state index in [1.54, 1.807) is 0 Å². The van der Waals surface area contributed by atoms with Crippen molar-refractivity contribution in [2.45, 2.75) is 25.7 Å². The van der Waals surface area contributed by atoms with Crippen LogP contribution in [0.25, 0.3) is 6.08 Å². The molecule has 0 radical (unpaired) electrons. The number of hydrogen-bond acceptors (Lipinski definition) is 4. The number of hydrogen-bond donors (Lipinski definition) is 0. The molecule has 0 aromatic heterocycles. The van der Waals surface area contributed by atoms with Crippen LogP contribution in [0.3, 0.4) is 0 Å². The maximum Gasteiger partial charge on any atom is 0.118 e. The Labute approximate surface area is 145 Å². The van der Waals surface area contributed by atoms with Crippen LogP contribution in [0.2, 0.25) is 0 Å². The molecule has 1 aromatic rings. The van der Waals surface area contributed by atoms with Crippen LogP contribution in [-0.4, -0.2) is 61.9 Å². The van der Waals surface area contributed by atoms with Gasteiger partial charge in [-0.25, -0.2) is 0 Å². The van der Waals surface area contributed by atoms with E-state index >= 15 is 0 Å². The maximum atomic E-state index is 5.61. The highest BCUT2D eigenvalue weighted by atomic mass is 16.6. The Morgan fingerprint density at radius 3 is 2.67 bits per heavy atom. The standard InChI is InChI=1S/C20H29N3O/c1-22-12-14-23(15-13-22)11-6-16-24-21-20-10-5-9-19(20)17-18-7-3-2-4-8-18/h2-4,7-8,17H,5-6,9-16H2,1H3. The molecule has 1 heterocycles. The van der Waals surface area contributed by atoms with Gasteiger partial charge in [0.25, 0.3) is 0 Å². The van der Waals surface area contributed by atoms with Crippen molar-refractivity contribution in [3.05, 3.63) is 41.5 Å². The van der Waals surface area contributed by atoms with Gasteiger partial charge >= 0.3 is 0 Å². The lowest BCUT2D eigenvalue weighted by atomic mass is 10.1. The third kappa shape index (κ3) is 5.18. The summed E-state index contributed by atoms with van der Waals surface area (Å²) in [6, 6.07) is 10.5. The summed E-state index contributed by atoms with van der Waals surface area (Å²) in [6.07, 6.45) is 6.63. The molecule has 130 valence electrons.